The van der Waals surface area contributed by atoms with Gasteiger partial charge in [-0.25, -0.2) is 4.98 Å². The lowest BCUT2D eigenvalue weighted by Crippen LogP contribution is -2.34. The lowest BCUT2D eigenvalue weighted by atomic mass is 10.1. The highest BCUT2D eigenvalue weighted by Gasteiger charge is 2.22. The molecule has 1 saturated heterocycles. The average Bonchev–Trinajstić information content (AvgIpc) is 3.60. The van der Waals surface area contributed by atoms with Crippen LogP contribution in [0, 0.1) is 0 Å². The van der Waals surface area contributed by atoms with E-state index < -0.39 is 0 Å². The molecule has 1 N–H and O–H groups in total. The number of imidazole rings is 1. The molecule has 1 amide bonds. The molecular formula is C31H41N3O4. The lowest BCUT2D eigenvalue weighted by Gasteiger charge is -2.13. The Morgan fingerprint density at radius 1 is 1.13 bits per heavy atom. The third-order valence-electron chi connectivity index (χ3n) is 6.91. The van der Waals surface area contributed by atoms with Crippen molar-refractivity contribution in [3.8, 4) is 11.5 Å². The average molecular weight is 520 g/mol. The summed E-state index contributed by atoms with van der Waals surface area (Å²) in [6.45, 7) is 4.96. The summed E-state index contributed by atoms with van der Waals surface area (Å²) in [5.41, 5.74) is 3.33. The Morgan fingerprint density at radius 3 is 2.84 bits per heavy atom. The van der Waals surface area contributed by atoms with Crippen molar-refractivity contribution in [1.82, 2.24) is 14.9 Å². The minimum Gasteiger partial charge on any atom is -0.493 e. The third kappa shape index (κ3) is 7.60. The number of fused-ring (bicyclic) bond motifs is 1. The van der Waals surface area contributed by atoms with Crippen molar-refractivity contribution in [3.63, 3.8) is 0 Å². The van der Waals surface area contributed by atoms with Gasteiger partial charge < -0.3 is 24.1 Å². The summed E-state index contributed by atoms with van der Waals surface area (Å²) in [5, 5.41) is 3.02. The third-order valence-corrected chi connectivity index (χ3v) is 6.91. The van der Waals surface area contributed by atoms with Crippen molar-refractivity contribution >= 4 is 23.0 Å². The van der Waals surface area contributed by atoms with Gasteiger partial charge in [0, 0.05) is 26.1 Å². The molecule has 7 nitrogen and oxygen atoms in total. The number of benzene rings is 2. The highest BCUT2D eigenvalue weighted by molar-refractivity contribution is 5.80. The highest BCUT2D eigenvalue weighted by Crippen LogP contribution is 2.29. The van der Waals surface area contributed by atoms with Crippen molar-refractivity contribution in [2.75, 3.05) is 26.9 Å². The molecule has 3 aromatic rings. The van der Waals surface area contributed by atoms with Crippen molar-refractivity contribution in [3.05, 3.63) is 59.9 Å². The minimum absolute atomic E-state index is 0.0392. The fourth-order valence-corrected chi connectivity index (χ4v) is 4.91. The zero-order valence-corrected chi connectivity index (χ0v) is 22.8. The van der Waals surface area contributed by atoms with Crippen LogP contribution in [-0.4, -0.2) is 48.4 Å². The van der Waals surface area contributed by atoms with Gasteiger partial charge in [0.05, 0.1) is 24.8 Å². The molecule has 7 heteroatoms. The second kappa shape index (κ2) is 14.6. The van der Waals surface area contributed by atoms with Crippen LogP contribution in [0.15, 0.2) is 48.5 Å². The molecule has 4 rings (SSSR count). The predicted octanol–water partition coefficient (Wildman–Crippen LogP) is 5.95. The van der Waals surface area contributed by atoms with Crippen molar-refractivity contribution < 1.29 is 19.0 Å². The molecule has 1 unspecified atom stereocenters. The van der Waals surface area contributed by atoms with Crippen molar-refractivity contribution in [1.29, 1.82) is 0 Å². The fourth-order valence-electron chi connectivity index (χ4n) is 4.91. The van der Waals surface area contributed by atoms with E-state index >= 15 is 0 Å². The van der Waals surface area contributed by atoms with Gasteiger partial charge in [0.2, 0.25) is 5.91 Å². The van der Waals surface area contributed by atoms with Gasteiger partial charge in [0.1, 0.15) is 11.9 Å². The number of amides is 1. The van der Waals surface area contributed by atoms with Crippen LogP contribution in [-0.2, 0) is 22.5 Å². The number of aromatic nitrogens is 2. The predicted molar refractivity (Wildman–Crippen MR) is 152 cm³/mol. The van der Waals surface area contributed by atoms with E-state index in [0.29, 0.717) is 19.8 Å². The molecule has 0 aliphatic carbocycles. The van der Waals surface area contributed by atoms with E-state index in [1.54, 1.807) is 7.11 Å². The summed E-state index contributed by atoms with van der Waals surface area (Å²) >= 11 is 0. The van der Waals surface area contributed by atoms with Crippen LogP contribution in [0.5, 0.6) is 11.5 Å². The molecule has 1 aromatic heterocycles. The van der Waals surface area contributed by atoms with E-state index in [0.717, 1.165) is 86.3 Å². The van der Waals surface area contributed by atoms with E-state index in [9.17, 15) is 4.79 Å². The first kappa shape index (κ1) is 27.7. The Balaban J connectivity index is 1.23. The zero-order valence-electron chi connectivity index (χ0n) is 22.8. The normalized spacial score (nSPS) is 15.4. The smallest absolute Gasteiger partial charge is 0.249 e. The fraction of sp³-hybridized carbons (Fsp3) is 0.484. The maximum Gasteiger partial charge on any atom is 0.249 e. The minimum atomic E-state index is -0.244. The van der Waals surface area contributed by atoms with Crippen LogP contribution in [0.3, 0.4) is 0 Å². The van der Waals surface area contributed by atoms with Crippen LogP contribution in [0.2, 0.25) is 0 Å². The van der Waals surface area contributed by atoms with Gasteiger partial charge in [-0.3, -0.25) is 4.79 Å². The second-order valence-corrected chi connectivity index (χ2v) is 9.74. The standard InChI is InChI=1S/C31H41N3O4/c1-3-12-24-17-18-27(29(23-24)36-2)37-21-10-9-20-34-26-14-7-6-13-25(26)33-30(34)16-5-4-8-19-32-31(35)28-15-11-22-38-28/h3,6-7,12-14,17-18,23,28H,4-5,8-11,15-16,19-22H2,1-2H3,(H,32,35)/b12-3+. The Hall–Kier alpha value is -3.32. The molecule has 204 valence electrons. The van der Waals surface area contributed by atoms with E-state index in [-0.39, 0.29) is 12.0 Å². The number of nitrogens with one attached hydrogen (secondary N) is 1. The van der Waals surface area contributed by atoms with Crippen molar-refractivity contribution in [2.24, 2.45) is 0 Å². The summed E-state index contributed by atoms with van der Waals surface area (Å²) in [7, 11) is 1.68. The molecule has 1 fully saturated rings. The van der Waals surface area contributed by atoms with Gasteiger partial charge in [-0.1, -0.05) is 36.8 Å². The number of nitrogens with zero attached hydrogens (tertiary/aromatic N) is 2. The first-order chi connectivity index (χ1) is 18.7. The number of ether oxygens (including phenoxy) is 3. The molecule has 2 aromatic carbocycles. The lowest BCUT2D eigenvalue weighted by molar-refractivity contribution is -0.130. The van der Waals surface area contributed by atoms with Gasteiger partial charge in [-0.15, -0.1) is 0 Å². The number of carbonyl (C=O) groups excluding carboxylic acids is 1. The number of allylic oxidation sites excluding steroid dienone is 1. The first-order valence-electron chi connectivity index (χ1n) is 14.0. The number of para-hydroxylation sites is 2. The highest BCUT2D eigenvalue weighted by atomic mass is 16.5. The summed E-state index contributed by atoms with van der Waals surface area (Å²) in [5.74, 6) is 2.71. The van der Waals surface area contributed by atoms with Crippen molar-refractivity contribution in [2.45, 2.75) is 70.9 Å². The molecule has 0 radical (unpaired) electrons. The van der Waals surface area contributed by atoms with Crippen LogP contribution < -0.4 is 14.8 Å². The second-order valence-electron chi connectivity index (χ2n) is 9.74. The Kier molecular flexibility index (Phi) is 10.6. The monoisotopic (exact) mass is 519 g/mol. The zero-order chi connectivity index (χ0) is 26.6. The molecule has 1 aliphatic heterocycles. The Labute approximate surface area is 226 Å². The van der Waals surface area contributed by atoms with Gasteiger partial charge in [0.25, 0.3) is 0 Å². The molecule has 0 bridgehead atoms. The molecule has 2 heterocycles. The van der Waals surface area contributed by atoms with Crippen LogP contribution in [0.1, 0.15) is 63.3 Å². The summed E-state index contributed by atoms with van der Waals surface area (Å²) in [6.07, 6.45) is 11.6. The largest absolute Gasteiger partial charge is 0.493 e. The number of hydrogen-bond acceptors (Lipinski definition) is 5. The van der Waals surface area contributed by atoms with E-state index in [1.165, 1.54) is 5.52 Å². The number of carbonyl (C=O) groups is 1. The number of unbranched alkanes of at least 4 members (excludes halogenated alkanes) is 3. The Bertz CT molecular complexity index is 1200. The number of hydrogen-bond donors (Lipinski definition) is 1. The molecular weight excluding hydrogens is 478 g/mol. The quantitative estimate of drug-likeness (QED) is 0.251. The summed E-state index contributed by atoms with van der Waals surface area (Å²) < 4.78 is 19.4. The van der Waals surface area contributed by atoms with E-state index in [2.05, 4.69) is 28.1 Å². The number of rotatable bonds is 15. The van der Waals surface area contributed by atoms with Crippen LogP contribution in [0.4, 0.5) is 0 Å². The van der Waals surface area contributed by atoms with E-state index in [4.69, 9.17) is 19.2 Å². The van der Waals surface area contributed by atoms with Gasteiger partial charge in [0.15, 0.2) is 11.5 Å². The maximum absolute atomic E-state index is 12.1. The Morgan fingerprint density at radius 2 is 2.03 bits per heavy atom. The maximum atomic E-state index is 12.1. The molecule has 38 heavy (non-hydrogen) atoms. The number of aryl methyl sites for hydroxylation is 2. The first-order valence-corrected chi connectivity index (χ1v) is 14.0. The van der Waals surface area contributed by atoms with Gasteiger partial charge in [-0.05, 0) is 75.3 Å². The summed E-state index contributed by atoms with van der Waals surface area (Å²) in [4.78, 5) is 17.0. The van der Waals surface area contributed by atoms with Gasteiger partial charge >= 0.3 is 0 Å². The molecule has 0 saturated carbocycles. The molecule has 1 atom stereocenters. The molecule has 1 aliphatic rings. The summed E-state index contributed by atoms with van der Waals surface area (Å²) in [6, 6.07) is 14.4. The van der Waals surface area contributed by atoms with Gasteiger partial charge in [-0.2, -0.15) is 0 Å². The number of methoxy groups -OCH3 is 1. The van der Waals surface area contributed by atoms with Crippen LogP contribution in [0.25, 0.3) is 17.1 Å². The van der Waals surface area contributed by atoms with E-state index in [1.807, 2.05) is 43.3 Å². The molecule has 0 spiro atoms. The SMILES string of the molecule is C/C=C/c1ccc(OCCCCn2c(CCCCCNC(=O)C3CCCO3)nc3ccccc32)c(OC)c1. The van der Waals surface area contributed by atoms with Crippen LogP contribution >= 0.6 is 0 Å². The topological polar surface area (TPSA) is 74.6 Å².